The van der Waals surface area contributed by atoms with Crippen molar-refractivity contribution >= 4 is 0 Å². The molecule has 5 atom stereocenters. The number of aliphatic hydroxyl groups is 5. The van der Waals surface area contributed by atoms with Gasteiger partial charge in [-0.15, -0.1) is 0 Å². The molecule has 5 nitrogen and oxygen atoms in total. The van der Waals surface area contributed by atoms with Crippen LogP contribution in [0.3, 0.4) is 0 Å². The Balaban J connectivity index is 4.50. The van der Waals surface area contributed by atoms with E-state index in [4.69, 9.17) is 5.11 Å². The van der Waals surface area contributed by atoms with Gasteiger partial charge >= 0.3 is 0 Å². The van der Waals surface area contributed by atoms with Crippen molar-refractivity contribution in [2.24, 2.45) is 5.41 Å². The lowest BCUT2D eigenvalue weighted by atomic mass is 9.76. The average Bonchev–Trinajstić information content (AvgIpc) is 2.36. The predicted octanol–water partition coefficient (Wildman–Crippen LogP) is 0.0288. The van der Waals surface area contributed by atoms with Crippen molar-refractivity contribution < 1.29 is 25.5 Å². The fourth-order valence-corrected chi connectivity index (χ4v) is 2.22. The van der Waals surface area contributed by atoms with Gasteiger partial charge in [-0.2, -0.15) is 0 Å². The molecular formula is C13H28O5. The highest BCUT2D eigenvalue weighted by Crippen LogP contribution is 2.33. The molecule has 0 aliphatic heterocycles. The van der Waals surface area contributed by atoms with Crippen molar-refractivity contribution in [2.75, 3.05) is 6.61 Å². The van der Waals surface area contributed by atoms with E-state index in [1.165, 1.54) is 0 Å². The van der Waals surface area contributed by atoms with Gasteiger partial charge in [-0.1, -0.05) is 33.6 Å². The molecule has 0 aromatic heterocycles. The molecule has 5 heteroatoms. The molecule has 0 aromatic rings. The molecule has 0 aliphatic rings. The molecule has 0 heterocycles. The van der Waals surface area contributed by atoms with Crippen molar-refractivity contribution in [3.63, 3.8) is 0 Å². The fourth-order valence-electron chi connectivity index (χ4n) is 2.22. The van der Waals surface area contributed by atoms with Crippen LogP contribution in [0.1, 0.15) is 46.5 Å². The maximum atomic E-state index is 9.92. The minimum atomic E-state index is -1.53. The van der Waals surface area contributed by atoms with E-state index in [-0.39, 0.29) is 5.41 Å². The summed E-state index contributed by atoms with van der Waals surface area (Å²) in [7, 11) is 0. The minimum absolute atomic E-state index is 0.0982. The summed E-state index contributed by atoms with van der Waals surface area (Å²) in [6, 6.07) is 0. The maximum Gasteiger partial charge on any atom is 0.110 e. The Labute approximate surface area is 109 Å². The monoisotopic (exact) mass is 264 g/mol. The van der Waals surface area contributed by atoms with Crippen LogP contribution in [0.2, 0.25) is 0 Å². The third-order valence-electron chi connectivity index (χ3n) is 3.73. The molecule has 0 saturated heterocycles. The van der Waals surface area contributed by atoms with E-state index in [2.05, 4.69) is 6.92 Å². The number of rotatable bonds is 9. The first-order chi connectivity index (χ1) is 8.31. The van der Waals surface area contributed by atoms with E-state index in [0.29, 0.717) is 6.42 Å². The van der Waals surface area contributed by atoms with E-state index in [0.717, 1.165) is 19.3 Å². The third-order valence-corrected chi connectivity index (χ3v) is 3.73. The molecule has 1 unspecified atom stereocenters. The Kier molecular flexibility index (Phi) is 7.98. The number of hydrogen-bond acceptors (Lipinski definition) is 5. The Morgan fingerprint density at radius 3 is 1.83 bits per heavy atom. The number of aliphatic hydroxyl groups excluding tert-OH is 5. The first-order valence-electron chi connectivity index (χ1n) is 6.64. The van der Waals surface area contributed by atoms with Crippen LogP contribution < -0.4 is 0 Å². The highest BCUT2D eigenvalue weighted by Gasteiger charge is 2.34. The summed E-state index contributed by atoms with van der Waals surface area (Å²) in [6.45, 7) is 5.46. The lowest BCUT2D eigenvalue weighted by molar-refractivity contribution is -0.122. The molecule has 110 valence electrons. The topological polar surface area (TPSA) is 101 Å². The number of hydrogen-bond donors (Lipinski definition) is 5. The van der Waals surface area contributed by atoms with Crippen molar-refractivity contribution in [3.8, 4) is 0 Å². The van der Waals surface area contributed by atoms with E-state index in [9.17, 15) is 20.4 Å². The molecule has 0 fully saturated rings. The quantitative estimate of drug-likeness (QED) is 0.404. The molecule has 0 amide bonds. The van der Waals surface area contributed by atoms with Gasteiger partial charge in [0.1, 0.15) is 18.3 Å². The van der Waals surface area contributed by atoms with E-state index < -0.39 is 31.0 Å². The highest BCUT2D eigenvalue weighted by atomic mass is 16.4. The van der Waals surface area contributed by atoms with Gasteiger partial charge in [0, 0.05) is 0 Å². The van der Waals surface area contributed by atoms with Gasteiger partial charge in [-0.05, 0) is 18.3 Å². The van der Waals surface area contributed by atoms with E-state index in [1.807, 2.05) is 13.8 Å². The average molecular weight is 264 g/mol. The van der Waals surface area contributed by atoms with Crippen LogP contribution in [0.15, 0.2) is 0 Å². The van der Waals surface area contributed by atoms with Crippen LogP contribution in [0, 0.1) is 5.41 Å². The molecule has 0 bridgehead atoms. The highest BCUT2D eigenvalue weighted by molar-refractivity contribution is 4.85. The Morgan fingerprint density at radius 2 is 1.44 bits per heavy atom. The van der Waals surface area contributed by atoms with Crippen LogP contribution in [0.4, 0.5) is 0 Å². The minimum Gasteiger partial charge on any atom is -0.394 e. The third kappa shape index (κ3) is 5.20. The molecule has 0 aliphatic carbocycles. The zero-order chi connectivity index (χ0) is 14.3. The van der Waals surface area contributed by atoms with Gasteiger partial charge in [-0.3, -0.25) is 0 Å². The molecule has 0 rings (SSSR count). The predicted molar refractivity (Wildman–Crippen MR) is 69.0 cm³/mol. The maximum absolute atomic E-state index is 9.92. The second-order valence-corrected chi connectivity index (χ2v) is 5.42. The summed E-state index contributed by atoms with van der Waals surface area (Å²) in [5, 5.41) is 47.1. The van der Waals surface area contributed by atoms with Gasteiger partial charge in [0.05, 0.1) is 12.7 Å². The van der Waals surface area contributed by atoms with Crippen molar-refractivity contribution in [3.05, 3.63) is 0 Å². The SMILES string of the molecule is CCCC(C)(CC)C[C@H](O)[C@@H](O)[C@H](O)[C@H](O)CO. The standard InChI is InChI=1S/C13H28O5/c1-4-6-13(3,5-2)7-9(15)11(17)12(18)10(16)8-14/h9-12,14-18H,4-8H2,1-3H3/t9-,10+,11+,12+,13?/m0/s1. The smallest absolute Gasteiger partial charge is 0.110 e. The second kappa shape index (κ2) is 8.07. The molecule has 5 N–H and O–H groups in total. The van der Waals surface area contributed by atoms with Crippen LogP contribution >= 0.6 is 0 Å². The van der Waals surface area contributed by atoms with Gasteiger partial charge in [0.15, 0.2) is 0 Å². The van der Waals surface area contributed by atoms with Crippen molar-refractivity contribution in [2.45, 2.75) is 70.9 Å². The largest absolute Gasteiger partial charge is 0.394 e. The van der Waals surface area contributed by atoms with Crippen LogP contribution in [0.25, 0.3) is 0 Å². The van der Waals surface area contributed by atoms with Gasteiger partial charge < -0.3 is 25.5 Å². The Morgan fingerprint density at radius 1 is 0.944 bits per heavy atom. The van der Waals surface area contributed by atoms with Crippen molar-refractivity contribution in [1.29, 1.82) is 0 Å². The Hall–Kier alpha value is -0.200. The van der Waals surface area contributed by atoms with Crippen molar-refractivity contribution in [1.82, 2.24) is 0 Å². The summed E-state index contributed by atoms with van der Waals surface area (Å²) in [4.78, 5) is 0. The lowest BCUT2D eigenvalue weighted by Crippen LogP contribution is -2.47. The normalized spacial score (nSPS) is 22.0. The first kappa shape index (κ1) is 17.8. The zero-order valence-corrected chi connectivity index (χ0v) is 11.6. The fraction of sp³-hybridized carbons (Fsp3) is 1.00. The lowest BCUT2D eigenvalue weighted by Gasteiger charge is -2.34. The van der Waals surface area contributed by atoms with Gasteiger partial charge in [0.2, 0.25) is 0 Å². The molecule has 0 radical (unpaired) electrons. The molecular weight excluding hydrogens is 236 g/mol. The van der Waals surface area contributed by atoms with Crippen LogP contribution in [-0.4, -0.2) is 56.6 Å². The molecule has 0 aromatic carbocycles. The summed E-state index contributed by atoms with van der Waals surface area (Å²) in [6.07, 6.45) is -2.41. The summed E-state index contributed by atoms with van der Waals surface area (Å²) >= 11 is 0. The Bertz CT molecular complexity index is 223. The zero-order valence-electron chi connectivity index (χ0n) is 11.6. The molecule has 0 spiro atoms. The van der Waals surface area contributed by atoms with Gasteiger partial charge in [0.25, 0.3) is 0 Å². The van der Waals surface area contributed by atoms with Crippen LogP contribution in [-0.2, 0) is 0 Å². The molecule has 18 heavy (non-hydrogen) atoms. The van der Waals surface area contributed by atoms with E-state index >= 15 is 0 Å². The summed E-state index contributed by atoms with van der Waals surface area (Å²) < 4.78 is 0. The first-order valence-corrected chi connectivity index (χ1v) is 6.64. The van der Waals surface area contributed by atoms with E-state index in [1.54, 1.807) is 0 Å². The summed E-state index contributed by atoms with van der Waals surface area (Å²) in [5.74, 6) is 0. The second-order valence-electron chi connectivity index (χ2n) is 5.42. The van der Waals surface area contributed by atoms with Gasteiger partial charge in [-0.25, -0.2) is 0 Å². The summed E-state index contributed by atoms with van der Waals surface area (Å²) in [5.41, 5.74) is -0.0982. The van der Waals surface area contributed by atoms with Crippen LogP contribution in [0.5, 0.6) is 0 Å². The molecule has 0 saturated carbocycles.